The van der Waals surface area contributed by atoms with Gasteiger partial charge in [-0.05, 0) is 97.3 Å². The minimum Gasteiger partial charge on any atom is -0.0605 e. The van der Waals surface area contributed by atoms with Crippen molar-refractivity contribution >= 4 is 95.6 Å². The van der Waals surface area contributed by atoms with Gasteiger partial charge < -0.3 is 0 Å². The van der Waals surface area contributed by atoms with Gasteiger partial charge in [0.2, 0.25) is 0 Å². The highest BCUT2D eigenvalue weighted by molar-refractivity contribution is 9.15. The highest BCUT2D eigenvalue weighted by atomic mass is 79.9. The molecular formula is C12H4Br6. The lowest BCUT2D eigenvalue weighted by molar-refractivity contribution is 1.44. The van der Waals surface area contributed by atoms with E-state index in [-0.39, 0.29) is 0 Å². The van der Waals surface area contributed by atoms with Crippen LogP contribution < -0.4 is 0 Å². The lowest BCUT2D eigenvalue weighted by Crippen LogP contribution is -1.88. The monoisotopic (exact) mass is 622 g/mol. The minimum atomic E-state index is 0.972. The third-order valence-electron chi connectivity index (χ3n) is 2.32. The Hall–Kier alpha value is 1.32. The molecule has 2 aromatic carbocycles. The molecule has 0 fully saturated rings. The number of benzene rings is 2. The zero-order valence-electron chi connectivity index (χ0n) is 8.58. The molecule has 0 bridgehead atoms. The van der Waals surface area contributed by atoms with Gasteiger partial charge >= 0.3 is 0 Å². The van der Waals surface area contributed by atoms with E-state index in [1.807, 2.05) is 12.1 Å². The van der Waals surface area contributed by atoms with Crippen molar-refractivity contribution in [2.75, 3.05) is 0 Å². The average molecular weight is 628 g/mol. The van der Waals surface area contributed by atoms with Crippen molar-refractivity contribution in [1.82, 2.24) is 0 Å². The fourth-order valence-electron chi connectivity index (χ4n) is 1.50. The van der Waals surface area contributed by atoms with Crippen LogP contribution in [0.15, 0.2) is 51.1 Å². The molecule has 0 heterocycles. The molecule has 0 amide bonds. The van der Waals surface area contributed by atoms with Crippen LogP contribution in [0.2, 0.25) is 0 Å². The van der Waals surface area contributed by atoms with E-state index in [0.717, 1.165) is 38.0 Å². The highest BCUT2D eigenvalue weighted by Gasteiger charge is 2.18. The average Bonchev–Trinajstić information content (AvgIpc) is 2.34. The molecule has 0 aliphatic rings. The van der Waals surface area contributed by atoms with Crippen LogP contribution in [0.1, 0.15) is 0 Å². The van der Waals surface area contributed by atoms with Gasteiger partial charge in [-0.25, -0.2) is 0 Å². The largest absolute Gasteiger partial charge is 0.0605 e. The van der Waals surface area contributed by atoms with Gasteiger partial charge in [-0.3, -0.25) is 0 Å². The zero-order chi connectivity index (χ0) is 13.4. The van der Waals surface area contributed by atoms with E-state index >= 15 is 0 Å². The van der Waals surface area contributed by atoms with Crippen molar-refractivity contribution in [3.05, 3.63) is 51.1 Å². The summed E-state index contributed by atoms with van der Waals surface area (Å²) in [5.41, 5.74) is 2.22. The Balaban J connectivity index is 2.80. The molecule has 0 aliphatic heterocycles. The summed E-state index contributed by atoms with van der Waals surface area (Å²) >= 11 is 21.5. The second-order valence-corrected chi connectivity index (χ2v) is 8.34. The predicted octanol–water partition coefficient (Wildman–Crippen LogP) is 7.93. The lowest BCUT2D eigenvalue weighted by atomic mass is 10.1. The Bertz CT molecular complexity index is 591. The minimum absolute atomic E-state index is 0.972. The topological polar surface area (TPSA) is 0 Å². The van der Waals surface area contributed by atoms with E-state index in [4.69, 9.17) is 0 Å². The molecule has 0 aromatic heterocycles. The predicted molar refractivity (Wildman–Crippen MR) is 98.1 cm³/mol. The maximum atomic E-state index is 3.63. The van der Waals surface area contributed by atoms with Gasteiger partial charge in [-0.15, -0.1) is 0 Å². The first-order chi connectivity index (χ1) is 8.43. The molecule has 18 heavy (non-hydrogen) atoms. The summed E-state index contributed by atoms with van der Waals surface area (Å²) in [6.07, 6.45) is 0. The molecule has 0 aliphatic carbocycles. The van der Waals surface area contributed by atoms with E-state index in [9.17, 15) is 0 Å². The first kappa shape index (κ1) is 15.7. The molecule has 2 rings (SSSR count). The van der Waals surface area contributed by atoms with E-state index in [2.05, 4.69) is 108 Å². The zero-order valence-corrected chi connectivity index (χ0v) is 18.1. The van der Waals surface area contributed by atoms with Gasteiger partial charge in [0.05, 0.1) is 0 Å². The van der Waals surface area contributed by atoms with Crippen LogP contribution in [0.3, 0.4) is 0 Å². The van der Waals surface area contributed by atoms with Crippen LogP contribution in [0.5, 0.6) is 0 Å². The van der Waals surface area contributed by atoms with Crippen molar-refractivity contribution in [2.24, 2.45) is 0 Å². The van der Waals surface area contributed by atoms with Crippen molar-refractivity contribution in [3.8, 4) is 11.1 Å². The lowest BCUT2D eigenvalue weighted by Gasteiger charge is -2.14. The first-order valence-electron chi connectivity index (χ1n) is 4.71. The smallest absolute Gasteiger partial charge is 0.0482 e. The molecule has 2 aromatic rings. The molecule has 0 saturated carbocycles. The standard InChI is InChI=1S/C12H4Br6/c13-6-3-1-2-5(4-6)7-8(14)10(16)12(18)11(17)9(7)15/h1-4H. The Labute approximate surface area is 156 Å². The summed E-state index contributed by atoms with van der Waals surface area (Å²) in [4.78, 5) is 0. The third-order valence-corrected chi connectivity index (χ3v) is 8.91. The van der Waals surface area contributed by atoms with Gasteiger partial charge in [0.15, 0.2) is 0 Å². The SMILES string of the molecule is Brc1cccc(-c2c(Br)c(Br)c(Br)c(Br)c2Br)c1. The van der Waals surface area contributed by atoms with Gasteiger partial charge in [-0.2, -0.15) is 0 Å². The highest BCUT2D eigenvalue weighted by Crippen LogP contribution is 2.48. The molecule has 94 valence electrons. The Morgan fingerprint density at radius 1 is 0.611 bits per heavy atom. The van der Waals surface area contributed by atoms with Crippen molar-refractivity contribution in [2.45, 2.75) is 0 Å². The Kier molecular flexibility index (Phi) is 5.58. The summed E-state index contributed by atoms with van der Waals surface area (Å²) in [6.45, 7) is 0. The fraction of sp³-hybridized carbons (Fsp3) is 0. The molecule has 0 N–H and O–H groups in total. The van der Waals surface area contributed by atoms with Crippen molar-refractivity contribution < 1.29 is 0 Å². The second-order valence-electron chi connectivity index (χ2n) is 3.46. The van der Waals surface area contributed by atoms with Gasteiger partial charge in [0.1, 0.15) is 0 Å². The van der Waals surface area contributed by atoms with Crippen LogP contribution in [0.25, 0.3) is 11.1 Å². The van der Waals surface area contributed by atoms with Crippen molar-refractivity contribution in [3.63, 3.8) is 0 Å². The third kappa shape index (κ3) is 2.98. The number of hydrogen-bond acceptors (Lipinski definition) is 0. The van der Waals surface area contributed by atoms with E-state index in [1.165, 1.54) is 0 Å². The van der Waals surface area contributed by atoms with Crippen LogP contribution in [-0.4, -0.2) is 0 Å². The molecule has 0 unspecified atom stereocenters. The summed E-state index contributed by atoms with van der Waals surface area (Å²) in [5, 5.41) is 0. The molecular weight excluding hydrogens is 624 g/mol. The summed E-state index contributed by atoms with van der Waals surface area (Å²) in [7, 11) is 0. The fourth-order valence-corrected chi connectivity index (χ4v) is 5.41. The van der Waals surface area contributed by atoms with Crippen LogP contribution in [-0.2, 0) is 0 Å². The first-order valence-corrected chi connectivity index (χ1v) is 9.46. The molecule has 0 nitrogen and oxygen atoms in total. The summed E-state index contributed by atoms with van der Waals surface area (Å²) in [6, 6.07) is 8.18. The Morgan fingerprint density at radius 3 is 1.61 bits per heavy atom. The molecule has 6 heteroatoms. The maximum absolute atomic E-state index is 3.63. The van der Waals surface area contributed by atoms with Gasteiger partial charge in [0, 0.05) is 32.4 Å². The summed E-state index contributed by atoms with van der Waals surface area (Å²) < 4.78 is 5.99. The number of halogens is 6. The summed E-state index contributed by atoms with van der Waals surface area (Å²) in [5.74, 6) is 0. The van der Waals surface area contributed by atoms with E-state index < -0.39 is 0 Å². The van der Waals surface area contributed by atoms with Crippen LogP contribution in [0.4, 0.5) is 0 Å². The van der Waals surface area contributed by atoms with Crippen LogP contribution >= 0.6 is 95.6 Å². The molecule has 0 saturated heterocycles. The molecule has 0 atom stereocenters. The van der Waals surface area contributed by atoms with Gasteiger partial charge in [0.25, 0.3) is 0 Å². The quantitative estimate of drug-likeness (QED) is 0.223. The number of rotatable bonds is 1. The second kappa shape index (κ2) is 6.39. The molecule has 0 spiro atoms. The van der Waals surface area contributed by atoms with E-state index in [1.54, 1.807) is 0 Å². The Morgan fingerprint density at radius 2 is 1.11 bits per heavy atom. The van der Waals surface area contributed by atoms with E-state index in [0.29, 0.717) is 0 Å². The maximum Gasteiger partial charge on any atom is 0.0482 e. The van der Waals surface area contributed by atoms with Gasteiger partial charge in [-0.1, -0.05) is 28.1 Å². The normalized spacial score (nSPS) is 10.8. The number of hydrogen-bond donors (Lipinski definition) is 0. The molecule has 0 radical (unpaired) electrons. The van der Waals surface area contributed by atoms with Crippen molar-refractivity contribution in [1.29, 1.82) is 0 Å². The van der Waals surface area contributed by atoms with Crippen LogP contribution in [0, 0.1) is 0 Å².